The Labute approximate surface area is 181 Å². The molecule has 0 spiro atoms. The molecule has 2 amide bonds. The third-order valence-electron chi connectivity index (χ3n) is 5.02. The van der Waals surface area contributed by atoms with E-state index in [1.807, 2.05) is 24.3 Å². The van der Waals surface area contributed by atoms with Crippen LogP contribution < -0.4 is 10.0 Å². The summed E-state index contributed by atoms with van der Waals surface area (Å²) in [5.74, 6) is -1.67. The van der Waals surface area contributed by atoms with Gasteiger partial charge in [-0.05, 0) is 35.6 Å². The third-order valence-corrected chi connectivity index (χ3v) is 6.80. The topological polar surface area (TPSA) is 95.6 Å². The van der Waals surface area contributed by atoms with Gasteiger partial charge in [0.2, 0.25) is 0 Å². The zero-order valence-corrected chi connectivity index (χ0v) is 18.3. The molecule has 0 aliphatic carbocycles. The van der Waals surface area contributed by atoms with Crippen LogP contribution in [-0.2, 0) is 28.0 Å². The molecule has 0 saturated heterocycles. The summed E-state index contributed by atoms with van der Waals surface area (Å²) in [4.78, 5) is 25.3. The lowest BCUT2D eigenvalue weighted by Gasteiger charge is -2.29. The molecule has 0 radical (unpaired) electrons. The number of halogens is 1. The zero-order valence-electron chi connectivity index (χ0n) is 16.8. The van der Waals surface area contributed by atoms with Gasteiger partial charge < -0.3 is 5.32 Å². The second-order valence-electron chi connectivity index (χ2n) is 7.50. The molecule has 0 bridgehead atoms. The van der Waals surface area contributed by atoms with Gasteiger partial charge in [0, 0.05) is 13.1 Å². The quantitative estimate of drug-likeness (QED) is 0.708. The molecule has 1 aliphatic rings. The Kier molecular flexibility index (Phi) is 6.80. The van der Waals surface area contributed by atoms with Crippen LogP contribution in [0.5, 0.6) is 0 Å². The molecule has 3 rings (SSSR count). The molecule has 160 valence electrons. The second-order valence-corrected chi connectivity index (χ2v) is 9.58. The minimum Gasteiger partial charge on any atom is -0.340 e. The first-order valence-electron chi connectivity index (χ1n) is 9.63. The summed E-state index contributed by atoms with van der Waals surface area (Å²) in [7, 11) is -4.06. The van der Waals surface area contributed by atoms with Gasteiger partial charge in [0.15, 0.2) is 0 Å². The molecule has 1 aliphatic heterocycles. The maximum atomic E-state index is 12.8. The highest BCUT2D eigenvalue weighted by molar-refractivity contribution is 7.87. The van der Waals surface area contributed by atoms with E-state index in [1.165, 1.54) is 10.4 Å². The van der Waals surface area contributed by atoms with Crippen LogP contribution in [0.4, 0.5) is 0 Å². The van der Waals surface area contributed by atoms with Crippen molar-refractivity contribution in [3.63, 3.8) is 0 Å². The van der Waals surface area contributed by atoms with E-state index < -0.39 is 28.1 Å². The number of fused-ring (bicyclic) bond motifs is 1. The highest BCUT2D eigenvalue weighted by Crippen LogP contribution is 2.20. The summed E-state index contributed by atoms with van der Waals surface area (Å²) >= 11 is 6.05. The van der Waals surface area contributed by atoms with Gasteiger partial charge in [-0.25, -0.2) is 4.72 Å². The predicted molar refractivity (Wildman–Crippen MR) is 115 cm³/mol. The summed E-state index contributed by atoms with van der Waals surface area (Å²) in [6, 6.07) is 13.0. The van der Waals surface area contributed by atoms with Gasteiger partial charge >= 0.3 is 10.2 Å². The lowest BCUT2D eigenvalue weighted by Crippen LogP contribution is -2.54. The molecule has 1 atom stereocenters. The van der Waals surface area contributed by atoms with E-state index in [4.69, 9.17) is 11.6 Å². The average molecular weight is 450 g/mol. The number of hydrogen-bond acceptors (Lipinski definition) is 4. The number of hydrogen-bond donors (Lipinski definition) is 2. The summed E-state index contributed by atoms with van der Waals surface area (Å²) in [5, 5.41) is 2.84. The van der Waals surface area contributed by atoms with Gasteiger partial charge in [-0.1, -0.05) is 61.8 Å². The average Bonchev–Trinajstić information content (AvgIpc) is 2.71. The van der Waals surface area contributed by atoms with E-state index in [2.05, 4.69) is 10.0 Å². The Balaban J connectivity index is 1.72. The van der Waals surface area contributed by atoms with E-state index in [9.17, 15) is 18.0 Å². The van der Waals surface area contributed by atoms with E-state index in [0.717, 1.165) is 11.1 Å². The Hall–Kier alpha value is -2.42. The molecule has 0 unspecified atom stereocenters. The van der Waals surface area contributed by atoms with Crippen LogP contribution in [0.2, 0.25) is 5.02 Å². The van der Waals surface area contributed by atoms with E-state index in [1.54, 1.807) is 32.0 Å². The summed E-state index contributed by atoms with van der Waals surface area (Å²) in [5.41, 5.74) is 2.23. The summed E-state index contributed by atoms with van der Waals surface area (Å²) in [6.45, 7) is 3.91. The van der Waals surface area contributed by atoms with Crippen LogP contribution >= 0.6 is 11.6 Å². The van der Waals surface area contributed by atoms with Gasteiger partial charge in [0.1, 0.15) is 6.04 Å². The fraction of sp³-hybridized carbons (Fsp3) is 0.333. The highest BCUT2D eigenvalue weighted by Gasteiger charge is 2.32. The van der Waals surface area contributed by atoms with Crippen molar-refractivity contribution in [2.75, 3.05) is 6.54 Å². The van der Waals surface area contributed by atoms with E-state index in [0.29, 0.717) is 6.42 Å². The van der Waals surface area contributed by atoms with Crippen LogP contribution in [0.15, 0.2) is 48.5 Å². The standard InChI is InChI=1S/C21H24ClN3O4S/c1-14(2)19(23-20(26)17-9-5-6-10-18(17)22)21(27)24-30(28,29)25-12-11-15-7-3-4-8-16(15)13-25/h3-10,14,19H,11-13H2,1-2H3,(H,23,26)(H,24,27)/t19-/m0/s1. The molecule has 0 aromatic heterocycles. The molecule has 2 N–H and O–H groups in total. The van der Waals surface area contributed by atoms with Gasteiger partial charge in [-0.2, -0.15) is 12.7 Å². The molecule has 1 heterocycles. The van der Waals surface area contributed by atoms with Crippen LogP contribution in [0.3, 0.4) is 0 Å². The molecule has 9 heteroatoms. The summed E-state index contributed by atoms with van der Waals surface area (Å²) < 4.78 is 29.0. The second kappa shape index (κ2) is 9.16. The van der Waals surface area contributed by atoms with Crippen molar-refractivity contribution in [1.82, 2.24) is 14.3 Å². The van der Waals surface area contributed by atoms with Crippen molar-refractivity contribution in [3.8, 4) is 0 Å². The fourth-order valence-corrected chi connectivity index (χ4v) is 4.70. The molecular weight excluding hydrogens is 426 g/mol. The zero-order chi connectivity index (χ0) is 21.9. The molecular formula is C21H24ClN3O4S. The maximum Gasteiger partial charge on any atom is 0.304 e. The Morgan fingerprint density at radius 1 is 1.03 bits per heavy atom. The van der Waals surface area contributed by atoms with Crippen LogP contribution in [-0.4, -0.2) is 37.1 Å². The largest absolute Gasteiger partial charge is 0.340 e. The number of nitrogens with zero attached hydrogens (tertiary/aromatic N) is 1. The van der Waals surface area contributed by atoms with Crippen LogP contribution in [0.1, 0.15) is 35.3 Å². The number of nitrogens with one attached hydrogen (secondary N) is 2. The first-order valence-corrected chi connectivity index (χ1v) is 11.4. The van der Waals surface area contributed by atoms with Gasteiger partial charge in [0.25, 0.3) is 11.8 Å². The van der Waals surface area contributed by atoms with Crippen molar-refractivity contribution in [2.45, 2.75) is 32.9 Å². The normalized spacial score (nSPS) is 15.3. The van der Waals surface area contributed by atoms with Crippen molar-refractivity contribution < 1.29 is 18.0 Å². The Morgan fingerprint density at radius 3 is 2.33 bits per heavy atom. The lowest BCUT2D eigenvalue weighted by molar-refractivity contribution is -0.122. The summed E-state index contributed by atoms with van der Waals surface area (Å²) in [6.07, 6.45) is 0.572. The minimum atomic E-state index is -4.06. The monoisotopic (exact) mass is 449 g/mol. The van der Waals surface area contributed by atoms with Crippen molar-refractivity contribution in [3.05, 3.63) is 70.2 Å². The number of amides is 2. The maximum absolute atomic E-state index is 12.8. The predicted octanol–water partition coefficient (Wildman–Crippen LogP) is 2.51. The Bertz CT molecular complexity index is 1060. The Morgan fingerprint density at radius 2 is 1.67 bits per heavy atom. The third kappa shape index (κ3) is 5.00. The van der Waals surface area contributed by atoms with E-state index in [-0.39, 0.29) is 29.6 Å². The van der Waals surface area contributed by atoms with E-state index >= 15 is 0 Å². The molecule has 7 nitrogen and oxygen atoms in total. The van der Waals surface area contributed by atoms with Gasteiger partial charge in [0.05, 0.1) is 10.6 Å². The van der Waals surface area contributed by atoms with Gasteiger partial charge in [-0.15, -0.1) is 0 Å². The molecule has 0 fully saturated rings. The van der Waals surface area contributed by atoms with Crippen molar-refractivity contribution >= 4 is 33.6 Å². The highest BCUT2D eigenvalue weighted by atomic mass is 35.5. The van der Waals surface area contributed by atoms with Gasteiger partial charge in [-0.3, -0.25) is 9.59 Å². The van der Waals surface area contributed by atoms with Crippen molar-refractivity contribution in [2.24, 2.45) is 5.92 Å². The minimum absolute atomic E-state index is 0.192. The first-order chi connectivity index (χ1) is 14.2. The lowest BCUT2D eigenvalue weighted by atomic mass is 10.0. The number of carbonyl (C=O) groups excluding carboxylic acids is 2. The smallest absolute Gasteiger partial charge is 0.304 e. The molecule has 2 aromatic carbocycles. The first kappa shape index (κ1) is 22.3. The van der Waals surface area contributed by atoms with Crippen LogP contribution in [0.25, 0.3) is 0 Å². The number of rotatable bonds is 6. The molecule has 0 saturated carbocycles. The number of carbonyl (C=O) groups is 2. The van der Waals surface area contributed by atoms with Crippen molar-refractivity contribution in [1.29, 1.82) is 0 Å². The SMILES string of the molecule is CC(C)[C@H](NC(=O)c1ccccc1Cl)C(=O)NS(=O)(=O)N1CCc2ccccc2C1. The molecule has 2 aromatic rings. The fourth-order valence-electron chi connectivity index (χ4n) is 3.33. The number of benzene rings is 2. The van der Waals surface area contributed by atoms with Crippen LogP contribution in [0, 0.1) is 5.92 Å². The molecule has 30 heavy (non-hydrogen) atoms.